The number of halogens is 1. The molecule has 1 aromatic carbocycles. The summed E-state index contributed by atoms with van der Waals surface area (Å²) in [7, 11) is 0. The van der Waals surface area contributed by atoms with Gasteiger partial charge in [-0.2, -0.15) is 0 Å². The van der Waals surface area contributed by atoms with Gasteiger partial charge < -0.3 is 14.6 Å². The lowest BCUT2D eigenvalue weighted by atomic mass is 9.94. The molecule has 19 heavy (non-hydrogen) atoms. The van der Waals surface area contributed by atoms with E-state index in [0.29, 0.717) is 31.6 Å². The van der Waals surface area contributed by atoms with Crippen molar-refractivity contribution >= 4 is 5.97 Å². The lowest BCUT2D eigenvalue weighted by Gasteiger charge is -2.25. The monoisotopic (exact) mass is 268 g/mol. The molecule has 0 spiro atoms. The normalized spacial score (nSPS) is 18.0. The molecule has 1 saturated heterocycles. The molecule has 0 radical (unpaired) electrons. The second-order valence-electron chi connectivity index (χ2n) is 4.59. The number of ether oxygens (including phenoxy) is 2. The molecule has 0 amide bonds. The number of rotatable bonds is 4. The Balaban J connectivity index is 1.85. The molecule has 0 bridgehead atoms. The van der Waals surface area contributed by atoms with Crippen LogP contribution in [-0.4, -0.2) is 30.4 Å². The van der Waals surface area contributed by atoms with Crippen LogP contribution in [0.15, 0.2) is 24.3 Å². The van der Waals surface area contributed by atoms with E-state index in [1.807, 2.05) is 0 Å². The van der Waals surface area contributed by atoms with Gasteiger partial charge in [0.25, 0.3) is 0 Å². The number of hydrogen-bond donors (Lipinski definition) is 1. The molecule has 0 aromatic heterocycles. The smallest absolute Gasteiger partial charge is 0.335 e. The van der Waals surface area contributed by atoms with E-state index in [1.54, 1.807) is 18.2 Å². The maximum Gasteiger partial charge on any atom is 0.335 e. The van der Waals surface area contributed by atoms with Gasteiger partial charge in [-0.3, -0.25) is 0 Å². The fraction of sp³-hybridized carbons (Fsp3) is 0.500. The molecule has 1 aromatic rings. The predicted molar refractivity (Wildman–Crippen MR) is 65.7 cm³/mol. The van der Waals surface area contributed by atoms with Gasteiger partial charge in [0.15, 0.2) is 6.10 Å². The minimum atomic E-state index is -1.16. The molecule has 2 rings (SSSR count). The Labute approximate surface area is 111 Å². The highest BCUT2D eigenvalue weighted by atomic mass is 19.1. The van der Waals surface area contributed by atoms with Crippen LogP contribution in [0.1, 0.15) is 18.4 Å². The third-order valence-electron chi connectivity index (χ3n) is 3.28. The molecule has 1 fully saturated rings. The summed E-state index contributed by atoms with van der Waals surface area (Å²) in [6, 6.07) is 6.08. The van der Waals surface area contributed by atoms with Crippen LogP contribution in [0.5, 0.6) is 0 Å². The first-order valence-corrected chi connectivity index (χ1v) is 6.34. The van der Waals surface area contributed by atoms with Crippen LogP contribution < -0.4 is 0 Å². The molecule has 0 unspecified atom stereocenters. The second-order valence-corrected chi connectivity index (χ2v) is 4.59. The van der Waals surface area contributed by atoms with E-state index in [-0.39, 0.29) is 12.5 Å². The van der Waals surface area contributed by atoms with E-state index in [0.717, 1.165) is 0 Å². The van der Waals surface area contributed by atoms with E-state index >= 15 is 0 Å². The zero-order valence-corrected chi connectivity index (χ0v) is 10.5. The van der Waals surface area contributed by atoms with Gasteiger partial charge in [0.1, 0.15) is 12.4 Å². The van der Waals surface area contributed by atoms with Gasteiger partial charge in [-0.1, -0.05) is 18.2 Å². The molecule has 1 aliphatic heterocycles. The molecule has 5 heteroatoms. The quantitative estimate of drug-likeness (QED) is 0.844. The largest absolute Gasteiger partial charge is 0.459 e. The predicted octanol–water partition coefficient (Wildman–Crippen LogP) is 1.66. The molecular formula is C14H17FO4. The molecule has 1 aliphatic rings. The van der Waals surface area contributed by atoms with E-state index in [4.69, 9.17) is 9.47 Å². The van der Waals surface area contributed by atoms with Crippen molar-refractivity contribution in [3.05, 3.63) is 35.6 Å². The van der Waals surface area contributed by atoms with Gasteiger partial charge in [-0.05, 0) is 24.8 Å². The average molecular weight is 268 g/mol. The van der Waals surface area contributed by atoms with E-state index in [9.17, 15) is 14.3 Å². The maximum atomic E-state index is 13.3. The fourth-order valence-electron chi connectivity index (χ4n) is 2.07. The summed E-state index contributed by atoms with van der Waals surface area (Å²) >= 11 is 0. The van der Waals surface area contributed by atoms with Crippen molar-refractivity contribution in [1.29, 1.82) is 0 Å². The lowest BCUT2D eigenvalue weighted by Crippen LogP contribution is -2.34. The summed E-state index contributed by atoms with van der Waals surface area (Å²) in [6.07, 6.45) is 0.113. The van der Waals surface area contributed by atoms with Crippen LogP contribution in [0.25, 0.3) is 0 Å². The van der Waals surface area contributed by atoms with E-state index < -0.39 is 17.9 Å². The molecule has 1 atom stereocenters. The van der Waals surface area contributed by atoms with Crippen LogP contribution in [-0.2, 0) is 20.9 Å². The number of carbonyl (C=O) groups is 1. The first kappa shape index (κ1) is 14.0. The highest BCUT2D eigenvalue weighted by molar-refractivity contribution is 5.74. The standard InChI is InChI=1S/C14H17FO4/c15-12-4-2-1-3-11(12)9-19-14(17)13(16)10-5-7-18-8-6-10/h1-4,10,13,16H,5-9H2/t13-/m1/s1. The van der Waals surface area contributed by atoms with Gasteiger partial charge >= 0.3 is 5.97 Å². The van der Waals surface area contributed by atoms with Crippen LogP contribution >= 0.6 is 0 Å². The number of esters is 1. The number of aliphatic hydroxyl groups is 1. The van der Waals surface area contributed by atoms with Crippen molar-refractivity contribution in [3.63, 3.8) is 0 Å². The van der Waals surface area contributed by atoms with Crippen molar-refractivity contribution in [2.75, 3.05) is 13.2 Å². The first-order chi connectivity index (χ1) is 9.18. The van der Waals surface area contributed by atoms with Crippen LogP contribution in [0.3, 0.4) is 0 Å². The van der Waals surface area contributed by atoms with Gasteiger partial charge in [-0.15, -0.1) is 0 Å². The second kappa shape index (κ2) is 6.63. The van der Waals surface area contributed by atoms with Gasteiger partial charge in [0.2, 0.25) is 0 Å². The van der Waals surface area contributed by atoms with E-state index in [1.165, 1.54) is 6.07 Å². The highest BCUT2D eigenvalue weighted by Gasteiger charge is 2.29. The number of carbonyl (C=O) groups excluding carboxylic acids is 1. The summed E-state index contributed by atoms with van der Waals surface area (Å²) in [6.45, 7) is 0.927. The van der Waals surface area contributed by atoms with Gasteiger partial charge in [0, 0.05) is 18.8 Å². The fourth-order valence-corrected chi connectivity index (χ4v) is 2.07. The third kappa shape index (κ3) is 3.75. The molecule has 104 valence electrons. The molecule has 1 N–H and O–H groups in total. The molecular weight excluding hydrogens is 251 g/mol. The zero-order chi connectivity index (χ0) is 13.7. The first-order valence-electron chi connectivity index (χ1n) is 6.34. The Kier molecular flexibility index (Phi) is 4.87. The molecule has 0 aliphatic carbocycles. The Morgan fingerprint density at radius 3 is 2.79 bits per heavy atom. The summed E-state index contributed by atoms with van der Waals surface area (Å²) in [5, 5.41) is 9.87. The Morgan fingerprint density at radius 2 is 2.11 bits per heavy atom. The van der Waals surface area contributed by atoms with Crippen LogP contribution in [0.2, 0.25) is 0 Å². The van der Waals surface area contributed by atoms with Gasteiger partial charge in [-0.25, -0.2) is 9.18 Å². The minimum Gasteiger partial charge on any atom is -0.459 e. The summed E-state index contributed by atoms with van der Waals surface area (Å²) in [5.41, 5.74) is 0.301. The number of hydrogen-bond acceptors (Lipinski definition) is 4. The van der Waals surface area contributed by atoms with Crippen molar-refractivity contribution in [1.82, 2.24) is 0 Å². The SMILES string of the molecule is O=C(OCc1ccccc1F)[C@H](O)C1CCOCC1. The van der Waals surface area contributed by atoms with Crippen molar-refractivity contribution in [2.45, 2.75) is 25.6 Å². The molecule has 1 heterocycles. The Bertz CT molecular complexity index is 429. The van der Waals surface area contributed by atoms with Crippen molar-refractivity contribution in [3.8, 4) is 0 Å². The van der Waals surface area contributed by atoms with Crippen molar-refractivity contribution in [2.24, 2.45) is 5.92 Å². The summed E-state index contributed by atoms with van der Waals surface area (Å²) in [4.78, 5) is 11.7. The summed E-state index contributed by atoms with van der Waals surface area (Å²) < 4.78 is 23.4. The number of benzene rings is 1. The maximum absolute atomic E-state index is 13.3. The highest BCUT2D eigenvalue weighted by Crippen LogP contribution is 2.20. The molecule has 4 nitrogen and oxygen atoms in total. The lowest BCUT2D eigenvalue weighted by molar-refractivity contribution is -0.160. The minimum absolute atomic E-state index is 0.137. The van der Waals surface area contributed by atoms with Crippen LogP contribution in [0, 0.1) is 11.7 Å². The Morgan fingerprint density at radius 1 is 1.42 bits per heavy atom. The zero-order valence-electron chi connectivity index (χ0n) is 10.5. The van der Waals surface area contributed by atoms with Gasteiger partial charge in [0.05, 0.1) is 0 Å². The van der Waals surface area contributed by atoms with Crippen molar-refractivity contribution < 1.29 is 23.8 Å². The topological polar surface area (TPSA) is 55.8 Å². The van der Waals surface area contributed by atoms with E-state index in [2.05, 4.69) is 0 Å². The Hall–Kier alpha value is -1.46. The average Bonchev–Trinajstić information content (AvgIpc) is 2.46. The summed E-state index contributed by atoms with van der Waals surface area (Å²) in [5.74, 6) is -1.26. The molecule has 0 saturated carbocycles. The number of aliphatic hydroxyl groups excluding tert-OH is 1. The third-order valence-corrected chi connectivity index (χ3v) is 3.28. The van der Waals surface area contributed by atoms with Crippen LogP contribution in [0.4, 0.5) is 4.39 Å².